The van der Waals surface area contributed by atoms with Crippen molar-refractivity contribution in [2.75, 3.05) is 0 Å². The molecule has 0 saturated carbocycles. The number of fused-ring (bicyclic) bond motifs is 1. The number of aromatic amines is 1. The molecule has 0 aromatic carbocycles. The summed E-state index contributed by atoms with van der Waals surface area (Å²) in [5, 5.41) is 7.09. The largest absolute Gasteiger partial charge is 0.334 e. The number of nitrogens with zero attached hydrogens (tertiary/aromatic N) is 4. The van der Waals surface area contributed by atoms with Crippen LogP contribution in [0, 0.1) is 13.8 Å². The number of aromatic nitrogens is 4. The van der Waals surface area contributed by atoms with Crippen molar-refractivity contribution >= 4 is 6.03 Å². The van der Waals surface area contributed by atoms with Crippen LogP contribution in [0.1, 0.15) is 28.3 Å². The van der Waals surface area contributed by atoms with Crippen molar-refractivity contribution in [1.82, 2.24) is 30.0 Å². The lowest BCUT2D eigenvalue weighted by Crippen LogP contribution is -2.36. The summed E-state index contributed by atoms with van der Waals surface area (Å²) in [4.78, 5) is 32.6. The zero-order valence-electron chi connectivity index (χ0n) is 12.8. The summed E-state index contributed by atoms with van der Waals surface area (Å²) in [5.74, 6) is 0.567. The van der Waals surface area contributed by atoms with Crippen molar-refractivity contribution in [2.24, 2.45) is 7.05 Å². The third kappa shape index (κ3) is 2.59. The molecule has 22 heavy (non-hydrogen) atoms. The summed E-state index contributed by atoms with van der Waals surface area (Å²) < 4.78 is 1.72. The van der Waals surface area contributed by atoms with E-state index >= 15 is 0 Å². The number of hydrogen-bond donors (Lipinski definition) is 2. The Labute approximate surface area is 127 Å². The monoisotopic (exact) mass is 302 g/mol. The molecule has 3 heterocycles. The van der Waals surface area contributed by atoms with E-state index in [9.17, 15) is 9.59 Å². The summed E-state index contributed by atoms with van der Waals surface area (Å²) in [6.45, 7) is 4.69. The van der Waals surface area contributed by atoms with Gasteiger partial charge < -0.3 is 15.2 Å². The van der Waals surface area contributed by atoms with Crippen LogP contribution in [0.2, 0.25) is 0 Å². The van der Waals surface area contributed by atoms with Crippen LogP contribution in [-0.2, 0) is 26.7 Å². The molecule has 0 bridgehead atoms. The van der Waals surface area contributed by atoms with Crippen LogP contribution in [0.15, 0.2) is 11.0 Å². The van der Waals surface area contributed by atoms with Gasteiger partial charge in [-0.05, 0) is 13.8 Å². The highest BCUT2D eigenvalue weighted by molar-refractivity contribution is 5.74. The summed E-state index contributed by atoms with van der Waals surface area (Å²) in [7, 11) is 1.84. The van der Waals surface area contributed by atoms with Crippen molar-refractivity contribution in [3.05, 3.63) is 44.9 Å². The molecule has 2 aromatic rings. The second-order valence-corrected chi connectivity index (χ2v) is 5.50. The summed E-state index contributed by atoms with van der Waals surface area (Å²) in [6, 6.07) is -0.210. The molecule has 0 atom stereocenters. The SMILES string of the molecule is Cc1nc2c(c(=O)[nH]1)CN(C(=O)NCc1cn(C)nc1C)C2. The van der Waals surface area contributed by atoms with E-state index in [1.165, 1.54) is 0 Å². The number of aryl methyl sites for hydroxylation is 3. The highest BCUT2D eigenvalue weighted by atomic mass is 16.2. The molecule has 8 nitrogen and oxygen atoms in total. The first-order valence-electron chi connectivity index (χ1n) is 7.04. The molecule has 1 aliphatic rings. The molecule has 1 aliphatic heterocycles. The summed E-state index contributed by atoms with van der Waals surface area (Å²) in [6.07, 6.45) is 1.88. The molecule has 8 heteroatoms. The highest BCUT2D eigenvalue weighted by Gasteiger charge is 2.27. The van der Waals surface area contributed by atoms with E-state index in [0.717, 1.165) is 11.3 Å². The number of urea groups is 1. The molecule has 0 radical (unpaired) electrons. The molecule has 0 saturated heterocycles. The van der Waals surface area contributed by atoms with E-state index in [4.69, 9.17) is 0 Å². The van der Waals surface area contributed by atoms with Crippen molar-refractivity contribution in [1.29, 1.82) is 0 Å². The Hall–Kier alpha value is -2.64. The van der Waals surface area contributed by atoms with Crippen LogP contribution >= 0.6 is 0 Å². The third-order valence-corrected chi connectivity index (χ3v) is 3.74. The van der Waals surface area contributed by atoms with Gasteiger partial charge in [-0.25, -0.2) is 9.78 Å². The van der Waals surface area contributed by atoms with Crippen molar-refractivity contribution in [2.45, 2.75) is 33.5 Å². The van der Waals surface area contributed by atoms with Crippen molar-refractivity contribution in [3.63, 3.8) is 0 Å². The number of carbonyl (C=O) groups is 1. The minimum absolute atomic E-state index is 0.166. The van der Waals surface area contributed by atoms with Gasteiger partial charge in [0.05, 0.1) is 30.0 Å². The molecule has 2 N–H and O–H groups in total. The molecule has 0 spiro atoms. The second-order valence-electron chi connectivity index (χ2n) is 5.50. The maximum absolute atomic E-state index is 12.2. The lowest BCUT2D eigenvalue weighted by Gasteiger charge is -2.15. The number of H-pyrrole nitrogens is 1. The van der Waals surface area contributed by atoms with Gasteiger partial charge in [-0.3, -0.25) is 9.48 Å². The zero-order chi connectivity index (χ0) is 15.9. The van der Waals surface area contributed by atoms with E-state index in [1.807, 2.05) is 20.2 Å². The fourth-order valence-electron chi connectivity index (χ4n) is 2.64. The predicted octanol–water partition coefficient (Wildman–Crippen LogP) is 0.346. The number of nitrogens with one attached hydrogen (secondary N) is 2. The second kappa shape index (κ2) is 5.28. The molecular weight excluding hydrogens is 284 g/mol. The smallest absolute Gasteiger partial charge is 0.318 e. The lowest BCUT2D eigenvalue weighted by atomic mass is 10.3. The first-order chi connectivity index (χ1) is 10.4. The van der Waals surface area contributed by atoms with Crippen LogP contribution in [0.4, 0.5) is 4.79 Å². The molecule has 0 fully saturated rings. The van der Waals surface area contributed by atoms with Crippen LogP contribution in [-0.4, -0.2) is 30.7 Å². The maximum atomic E-state index is 12.2. The lowest BCUT2D eigenvalue weighted by molar-refractivity contribution is 0.197. The van der Waals surface area contributed by atoms with Crippen molar-refractivity contribution in [3.8, 4) is 0 Å². The van der Waals surface area contributed by atoms with Gasteiger partial charge in [0.1, 0.15) is 5.82 Å². The maximum Gasteiger partial charge on any atom is 0.318 e. The first kappa shape index (κ1) is 14.3. The van der Waals surface area contributed by atoms with Crippen molar-refractivity contribution < 1.29 is 4.79 Å². The Balaban J connectivity index is 1.67. The average Bonchev–Trinajstić information content (AvgIpc) is 2.99. The molecule has 0 aliphatic carbocycles. The van der Waals surface area contributed by atoms with Gasteiger partial charge >= 0.3 is 6.03 Å². The molecule has 3 rings (SSSR count). The Kier molecular flexibility index (Phi) is 3.44. The number of carbonyl (C=O) groups excluding carboxylic acids is 1. The Morgan fingerprint density at radius 2 is 2.18 bits per heavy atom. The van der Waals surface area contributed by atoms with Gasteiger partial charge in [0, 0.05) is 25.4 Å². The van der Waals surface area contributed by atoms with Crippen LogP contribution in [0.5, 0.6) is 0 Å². The minimum atomic E-state index is -0.210. The summed E-state index contributed by atoms with van der Waals surface area (Å²) in [5.41, 5.74) is 2.94. The van der Waals surface area contributed by atoms with E-state index in [2.05, 4.69) is 20.4 Å². The third-order valence-electron chi connectivity index (χ3n) is 3.74. The van der Waals surface area contributed by atoms with Crippen LogP contribution in [0.3, 0.4) is 0 Å². The highest BCUT2D eigenvalue weighted by Crippen LogP contribution is 2.17. The molecule has 0 unspecified atom stereocenters. The molecule has 116 valence electrons. The minimum Gasteiger partial charge on any atom is -0.334 e. The number of rotatable bonds is 2. The first-order valence-corrected chi connectivity index (χ1v) is 7.04. The molecular formula is C14H18N6O2. The number of hydrogen-bond acceptors (Lipinski definition) is 4. The molecule has 2 amide bonds. The number of amides is 2. The zero-order valence-corrected chi connectivity index (χ0v) is 12.8. The van der Waals surface area contributed by atoms with Gasteiger partial charge in [0.15, 0.2) is 0 Å². The fourth-order valence-corrected chi connectivity index (χ4v) is 2.64. The van der Waals surface area contributed by atoms with Gasteiger partial charge in [-0.2, -0.15) is 5.10 Å². The molecule has 2 aromatic heterocycles. The summed E-state index contributed by atoms with van der Waals surface area (Å²) >= 11 is 0. The topological polar surface area (TPSA) is 95.9 Å². The van der Waals surface area contributed by atoms with E-state index < -0.39 is 0 Å². The Morgan fingerprint density at radius 3 is 2.86 bits per heavy atom. The van der Waals surface area contributed by atoms with Gasteiger partial charge in [0.25, 0.3) is 5.56 Å². The van der Waals surface area contributed by atoms with E-state index in [-0.39, 0.29) is 18.1 Å². The van der Waals surface area contributed by atoms with Gasteiger partial charge in [-0.1, -0.05) is 0 Å². The van der Waals surface area contributed by atoms with E-state index in [0.29, 0.717) is 30.2 Å². The Bertz CT molecular complexity index is 791. The normalized spacial score (nSPS) is 13.3. The van der Waals surface area contributed by atoms with Crippen LogP contribution in [0.25, 0.3) is 0 Å². The standard InChI is InChI=1S/C14H18N6O2/c1-8-10(5-19(3)18-8)4-15-14(22)20-6-11-12(7-20)16-9(2)17-13(11)21/h5H,4,6-7H2,1-3H3,(H,15,22)(H,16,17,21). The predicted molar refractivity (Wildman–Crippen MR) is 79.0 cm³/mol. The quantitative estimate of drug-likeness (QED) is 0.836. The van der Waals surface area contributed by atoms with Crippen LogP contribution < -0.4 is 10.9 Å². The fraction of sp³-hybridized carbons (Fsp3) is 0.429. The Morgan fingerprint density at radius 1 is 1.41 bits per heavy atom. The van der Waals surface area contributed by atoms with E-state index in [1.54, 1.807) is 16.5 Å². The van der Waals surface area contributed by atoms with Gasteiger partial charge in [-0.15, -0.1) is 0 Å². The average molecular weight is 302 g/mol. The van der Waals surface area contributed by atoms with Gasteiger partial charge in [0.2, 0.25) is 0 Å².